The van der Waals surface area contributed by atoms with Crippen LogP contribution in [0.4, 0.5) is 0 Å². The molecule has 0 amide bonds. The summed E-state index contributed by atoms with van der Waals surface area (Å²) in [4.78, 5) is 3.11. The molecule has 4 heteroatoms. The van der Waals surface area contributed by atoms with E-state index in [9.17, 15) is 0 Å². The van der Waals surface area contributed by atoms with Crippen LogP contribution in [0, 0.1) is 12.7 Å². The van der Waals surface area contributed by atoms with Crippen LogP contribution in [0.15, 0.2) is 42.3 Å². The van der Waals surface area contributed by atoms with Crippen LogP contribution < -0.4 is 4.74 Å². The first kappa shape index (κ1) is 14.4. The van der Waals surface area contributed by atoms with Gasteiger partial charge in [-0.05, 0) is 24.3 Å². The Labute approximate surface area is 119 Å². The molecule has 0 bridgehead atoms. The number of rotatable bonds is 3. The van der Waals surface area contributed by atoms with Crippen molar-refractivity contribution >= 4 is 10.9 Å². The van der Waals surface area contributed by atoms with Crippen molar-refractivity contribution in [3.05, 3.63) is 55.0 Å². The van der Waals surface area contributed by atoms with Gasteiger partial charge in [0.2, 0.25) is 0 Å². The SMILES string of the molecule is [CH-]=C(C=[C-]C)Oc1ccc2[nH]ccc2c1.[V]=[W]. The molecule has 0 atom stereocenters. The number of hydrogen-bond donors (Lipinski definition) is 1. The average Bonchev–Trinajstić information content (AvgIpc) is 2.79. The minimum atomic E-state index is 0.340. The van der Waals surface area contributed by atoms with Crippen LogP contribution >= 0.6 is 0 Å². The van der Waals surface area contributed by atoms with Gasteiger partial charge in [-0.25, -0.2) is 5.76 Å². The van der Waals surface area contributed by atoms with E-state index < -0.39 is 0 Å². The second-order valence-corrected chi connectivity index (χ2v) is 3.16. The van der Waals surface area contributed by atoms with Gasteiger partial charge in [0.1, 0.15) is 5.75 Å². The van der Waals surface area contributed by atoms with Gasteiger partial charge in [0.15, 0.2) is 0 Å². The fourth-order valence-electron chi connectivity index (χ4n) is 1.40. The van der Waals surface area contributed by atoms with Crippen LogP contribution in [-0.4, -0.2) is 4.98 Å². The molecule has 0 unspecified atom stereocenters. The van der Waals surface area contributed by atoms with Gasteiger partial charge in [-0.3, -0.25) is 0 Å². The third-order valence-corrected chi connectivity index (χ3v) is 2.05. The molecule has 1 heterocycles. The van der Waals surface area contributed by atoms with Gasteiger partial charge in [-0.1, -0.05) is 0 Å². The van der Waals surface area contributed by atoms with Gasteiger partial charge in [-0.15, -0.1) is 6.92 Å². The summed E-state index contributed by atoms with van der Waals surface area (Å²) in [6.07, 6.45) is 6.29. The summed E-state index contributed by atoms with van der Waals surface area (Å²) in [5.41, 5.74) is 1.08. The predicted octanol–water partition coefficient (Wildman–Crippen LogP) is 3.24. The molecule has 1 N–H and O–H groups in total. The number of ether oxygens (including phenoxy) is 1. The van der Waals surface area contributed by atoms with E-state index in [1.165, 1.54) is 16.8 Å². The Morgan fingerprint density at radius 1 is 1.47 bits per heavy atom. The second-order valence-electron chi connectivity index (χ2n) is 3.16. The number of nitrogens with one attached hydrogen (secondary N) is 1. The van der Waals surface area contributed by atoms with E-state index in [0.717, 1.165) is 16.7 Å². The van der Waals surface area contributed by atoms with Gasteiger partial charge in [0, 0.05) is 17.1 Å². The van der Waals surface area contributed by atoms with E-state index in [1.807, 2.05) is 30.5 Å². The Kier molecular flexibility index (Phi) is 6.43. The monoisotopic (exact) mass is 432 g/mol. The van der Waals surface area contributed by atoms with Crippen LogP contribution in [0.1, 0.15) is 6.92 Å². The Balaban J connectivity index is 0.000000686. The predicted molar refractivity (Wildman–Crippen MR) is 60.2 cm³/mol. The number of aromatic nitrogens is 1. The molecule has 17 heavy (non-hydrogen) atoms. The molecule has 87 valence electrons. The Bertz CT molecular complexity index is 533. The summed E-state index contributed by atoms with van der Waals surface area (Å²) in [6.45, 7) is 7.37. The molecular formula is C13H11NOVW-2. The van der Waals surface area contributed by atoms with Gasteiger partial charge >= 0.3 is 30.9 Å². The summed E-state index contributed by atoms with van der Waals surface area (Å²) >= 11 is 3.92. The van der Waals surface area contributed by atoms with Gasteiger partial charge < -0.3 is 28.5 Å². The van der Waals surface area contributed by atoms with Crippen LogP contribution in [0.5, 0.6) is 5.75 Å². The molecule has 0 aliphatic carbocycles. The van der Waals surface area contributed by atoms with Crippen molar-refractivity contribution in [2.75, 3.05) is 0 Å². The zero-order valence-corrected chi connectivity index (χ0v) is 13.6. The zero-order chi connectivity index (χ0) is 12.7. The summed E-state index contributed by atoms with van der Waals surface area (Å²) in [6, 6.07) is 7.74. The first-order valence-electron chi connectivity index (χ1n) is 4.86. The van der Waals surface area contributed by atoms with E-state index in [-0.39, 0.29) is 0 Å². The van der Waals surface area contributed by atoms with Crippen molar-refractivity contribution in [2.24, 2.45) is 0 Å². The molecular weight excluding hydrogens is 421 g/mol. The average molecular weight is 432 g/mol. The molecule has 1 aromatic heterocycles. The van der Waals surface area contributed by atoms with Crippen molar-refractivity contribution in [3.63, 3.8) is 0 Å². The number of hydrogen-bond acceptors (Lipinski definition) is 1. The maximum absolute atomic E-state index is 5.60. The topological polar surface area (TPSA) is 25.0 Å². The molecule has 2 aromatic rings. The van der Waals surface area contributed by atoms with Crippen molar-refractivity contribution in [1.29, 1.82) is 0 Å². The number of benzene rings is 1. The molecule has 2 nitrogen and oxygen atoms in total. The molecule has 0 aliphatic heterocycles. The fraction of sp³-hybridized carbons (Fsp3) is 0.0769. The molecule has 0 fully saturated rings. The molecule has 0 radical (unpaired) electrons. The fourth-order valence-corrected chi connectivity index (χ4v) is 1.40. The third-order valence-electron chi connectivity index (χ3n) is 2.05. The van der Waals surface area contributed by atoms with Crippen molar-refractivity contribution in [3.8, 4) is 5.75 Å². The standard InChI is InChI=1S/C13H11NO.V.W/c1-3-4-10(2)15-12-5-6-13-11(9-12)7-8-14-13;;/h2,4-9,14H,1H3;;/q-2;;. The third kappa shape index (κ3) is 4.24. The molecule has 0 spiro atoms. The number of fused-ring (bicyclic) bond motifs is 1. The van der Waals surface area contributed by atoms with E-state index in [1.54, 1.807) is 13.0 Å². The quantitative estimate of drug-likeness (QED) is 0.450. The van der Waals surface area contributed by atoms with E-state index in [4.69, 9.17) is 11.3 Å². The first-order chi connectivity index (χ1) is 8.29. The van der Waals surface area contributed by atoms with Gasteiger partial charge in [0.05, 0.1) is 0 Å². The van der Waals surface area contributed by atoms with Gasteiger partial charge in [0.25, 0.3) is 0 Å². The maximum atomic E-state index is 5.60. The minimum absolute atomic E-state index is 0.340. The van der Waals surface area contributed by atoms with E-state index >= 15 is 0 Å². The molecule has 2 rings (SSSR count). The van der Waals surface area contributed by atoms with Crippen LogP contribution in [-0.2, 0) is 30.9 Å². The van der Waals surface area contributed by atoms with Gasteiger partial charge in [-0.2, -0.15) is 0 Å². The Morgan fingerprint density at radius 3 is 2.94 bits per heavy atom. The van der Waals surface area contributed by atoms with Crippen LogP contribution in [0.3, 0.4) is 0 Å². The molecule has 0 saturated carbocycles. The van der Waals surface area contributed by atoms with Crippen LogP contribution in [0.2, 0.25) is 0 Å². The zero-order valence-electron chi connectivity index (χ0n) is 9.31. The van der Waals surface area contributed by atoms with Crippen molar-refractivity contribution in [1.82, 2.24) is 4.98 Å². The first-order valence-corrected chi connectivity index (χ1v) is 10.8. The normalized spacial score (nSPS) is 9.88. The molecule has 0 saturated heterocycles. The van der Waals surface area contributed by atoms with Crippen LogP contribution in [0.25, 0.3) is 10.9 Å². The molecule has 0 aliphatic rings. The number of aromatic amines is 1. The number of H-pyrrole nitrogens is 1. The van der Waals surface area contributed by atoms with E-state index in [0.29, 0.717) is 5.76 Å². The summed E-state index contributed by atoms with van der Waals surface area (Å²) in [5, 5.41) is 1.10. The summed E-state index contributed by atoms with van der Waals surface area (Å²) in [7, 11) is 0. The summed E-state index contributed by atoms with van der Waals surface area (Å²) in [5.74, 6) is 1.07. The van der Waals surface area contributed by atoms with Crippen molar-refractivity contribution < 1.29 is 35.6 Å². The Morgan fingerprint density at radius 2 is 2.24 bits per heavy atom. The number of allylic oxidation sites excluding steroid dienone is 2. The van der Waals surface area contributed by atoms with E-state index in [2.05, 4.69) is 25.1 Å². The molecule has 1 aromatic carbocycles. The second kappa shape index (κ2) is 7.60. The van der Waals surface area contributed by atoms with Crippen molar-refractivity contribution in [2.45, 2.75) is 6.92 Å². The Hall–Kier alpha value is -0.687. The summed E-state index contributed by atoms with van der Waals surface area (Å²) < 4.78 is 5.39.